The Morgan fingerprint density at radius 2 is 1.85 bits per heavy atom. The van der Waals surface area contributed by atoms with Gasteiger partial charge in [0.1, 0.15) is 0 Å². The van der Waals surface area contributed by atoms with E-state index in [0.29, 0.717) is 12.4 Å². The molecule has 0 bridgehead atoms. The summed E-state index contributed by atoms with van der Waals surface area (Å²) in [7, 11) is -2.75. The summed E-state index contributed by atoms with van der Waals surface area (Å²) >= 11 is 1.57. The first-order chi connectivity index (χ1) is 12.0. The molecule has 0 amide bonds. The summed E-state index contributed by atoms with van der Waals surface area (Å²) in [5.74, 6) is -0.0247. The Labute approximate surface area is 159 Å². The van der Waals surface area contributed by atoms with E-state index in [9.17, 15) is 18.0 Å². The van der Waals surface area contributed by atoms with Gasteiger partial charge in [-0.15, -0.1) is 0 Å². The number of rotatable bonds is 14. The second-order valence-corrected chi connectivity index (χ2v) is 8.89. The molecule has 152 valence electrons. The molecule has 10 heteroatoms. The van der Waals surface area contributed by atoms with Gasteiger partial charge in [-0.1, -0.05) is 6.58 Å². The lowest BCUT2D eigenvalue weighted by molar-refractivity contribution is -0.152. The Kier molecular flexibility index (Phi) is 11.8. The molecular weight excluding hydrogens is 384 g/mol. The Morgan fingerprint density at radius 1 is 1.19 bits per heavy atom. The average molecular weight is 413 g/mol. The summed E-state index contributed by atoms with van der Waals surface area (Å²) in [5, 5.41) is 0. The molecule has 0 spiro atoms. The van der Waals surface area contributed by atoms with Crippen molar-refractivity contribution < 1.29 is 36.8 Å². The maximum atomic E-state index is 12.0. The van der Waals surface area contributed by atoms with Crippen molar-refractivity contribution in [1.82, 2.24) is 0 Å². The molecule has 0 rings (SSSR count). The number of hydrogen-bond acceptors (Lipinski definition) is 8. The number of ether oxygens (including phenoxy) is 3. The molecule has 0 atom stereocenters. The number of methoxy groups -OCH3 is 1. The zero-order valence-corrected chi connectivity index (χ0v) is 17.1. The molecule has 0 aromatic heterocycles. The number of carbonyl (C=O) groups is 2. The van der Waals surface area contributed by atoms with Crippen LogP contribution in [0.3, 0.4) is 0 Å². The van der Waals surface area contributed by atoms with Gasteiger partial charge in [0, 0.05) is 12.4 Å². The predicted molar refractivity (Wildman–Crippen MR) is 99.7 cm³/mol. The molecule has 0 aromatic rings. The Balaban J connectivity index is 3.84. The predicted octanol–water partition coefficient (Wildman–Crippen LogP) is 1.70. The number of carbonyl (C=O) groups excluding carboxylic acids is 2. The van der Waals surface area contributed by atoms with Crippen molar-refractivity contribution in [3.8, 4) is 0 Å². The summed E-state index contributed by atoms with van der Waals surface area (Å²) in [5.41, 5.74) is -0.444. The quantitative estimate of drug-likeness (QED) is 0.197. The van der Waals surface area contributed by atoms with E-state index in [0.717, 1.165) is 12.2 Å². The number of hydrogen-bond donors (Lipinski definition) is 1. The molecule has 0 saturated heterocycles. The molecule has 0 radical (unpaired) electrons. The molecular formula is C16H28O8S2. The van der Waals surface area contributed by atoms with E-state index >= 15 is 0 Å². The lowest BCUT2D eigenvalue weighted by atomic mass is 9.97. The zero-order valence-electron chi connectivity index (χ0n) is 15.5. The first-order valence-electron chi connectivity index (χ1n) is 8.03. The van der Waals surface area contributed by atoms with Crippen LogP contribution in [0.1, 0.15) is 26.7 Å². The van der Waals surface area contributed by atoms with Crippen molar-refractivity contribution in [3.63, 3.8) is 0 Å². The normalized spacial score (nSPS) is 11.8. The van der Waals surface area contributed by atoms with E-state index in [2.05, 4.69) is 11.3 Å². The highest BCUT2D eigenvalue weighted by atomic mass is 32.2. The SMILES string of the molecule is C=C(COCCCSCC(C)(C)C(=O)OCCCS(=O)(=O)O)C(=O)OC. The van der Waals surface area contributed by atoms with Gasteiger partial charge in [0.05, 0.1) is 37.1 Å². The molecule has 0 aromatic carbocycles. The topological polar surface area (TPSA) is 116 Å². The largest absolute Gasteiger partial charge is 0.466 e. The van der Waals surface area contributed by atoms with Gasteiger partial charge in [0.2, 0.25) is 0 Å². The minimum absolute atomic E-state index is 0.0510. The van der Waals surface area contributed by atoms with Gasteiger partial charge in [-0.05, 0) is 32.4 Å². The Bertz CT molecular complexity index is 569. The second-order valence-electron chi connectivity index (χ2n) is 6.21. The van der Waals surface area contributed by atoms with Crippen molar-refractivity contribution in [2.75, 3.05) is 44.2 Å². The summed E-state index contributed by atoms with van der Waals surface area (Å²) in [4.78, 5) is 23.1. The zero-order chi connectivity index (χ0) is 20.2. The van der Waals surface area contributed by atoms with E-state index in [-0.39, 0.29) is 25.2 Å². The highest BCUT2D eigenvalue weighted by Gasteiger charge is 2.29. The van der Waals surface area contributed by atoms with Gasteiger partial charge < -0.3 is 14.2 Å². The van der Waals surface area contributed by atoms with E-state index in [1.165, 1.54) is 7.11 Å². The van der Waals surface area contributed by atoms with Crippen molar-refractivity contribution in [1.29, 1.82) is 0 Å². The third-order valence-electron chi connectivity index (χ3n) is 3.12. The van der Waals surface area contributed by atoms with Crippen LogP contribution in [0.2, 0.25) is 0 Å². The average Bonchev–Trinajstić information content (AvgIpc) is 2.55. The van der Waals surface area contributed by atoms with Crippen molar-refractivity contribution in [2.24, 2.45) is 5.41 Å². The highest BCUT2D eigenvalue weighted by Crippen LogP contribution is 2.24. The number of esters is 2. The molecule has 0 saturated carbocycles. The molecule has 0 fully saturated rings. The van der Waals surface area contributed by atoms with E-state index in [1.807, 2.05) is 0 Å². The van der Waals surface area contributed by atoms with Crippen molar-refractivity contribution in [2.45, 2.75) is 26.7 Å². The van der Waals surface area contributed by atoms with Crippen molar-refractivity contribution in [3.05, 3.63) is 12.2 Å². The fourth-order valence-electron chi connectivity index (χ4n) is 1.65. The van der Waals surface area contributed by atoms with Crippen LogP contribution in [0.4, 0.5) is 0 Å². The molecule has 8 nitrogen and oxygen atoms in total. The monoisotopic (exact) mass is 412 g/mol. The summed E-state index contributed by atoms with van der Waals surface area (Å²) < 4.78 is 44.7. The van der Waals surface area contributed by atoms with Crippen LogP contribution in [-0.4, -0.2) is 69.1 Å². The van der Waals surface area contributed by atoms with E-state index in [1.54, 1.807) is 25.6 Å². The van der Waals surface area contributed by atoms with Crippen LogP contribution in [0.5, 0.6) is 0 Å². The van der Waals surface area contributed by atoms with Gasteiger partial charge in [-0.25, -0.2) is 4.79 Å². The van der Waals surface area contributed by atoms with Crippen LogP contribution >= 0.6 is 11.8 Å². The maximum Gasteiger partial charge on any atom is 0.335 e. The van der Waals surface area contributed by atoms with Gasteiger partial charge in [-0.3, -0.25) is 9.35 Å². The molecule has 0 aliphatic rings. The fourth-order valence-corrected chi connectivity index (χ4v) is 3.23. The van der Waals surface area contributed by atoms with Gasteiger partial charge in [0.15, 0.2) is 0 Å². The molecule has 1 N–H and O–H groups in total. The smallest absolute Gasteiger partial charge is 0.335 e. The first kappa shape index (κ1) is 24.9. The van der Waals surface area contributed by atoms with Crippen LogP contribution in [0.25, 0.3) is 0 Å². The van der Waals surface area contributed by atoms with Crippen LogP contribution < -0.4 is 0 Å². The maximum absolute atomic E-state index is 12.0. The van der Waals surface area contributed by atoms with E-state index in [4.69, 9.17) is 14.0 Å². The minimum Gasteiger partial charge on any atom is -0.466 e. The summed E-state index contributed by atoms with van der Waals surface area (Å²) in [6, 6.07) is 0. The van der Waals surface area contributed by atoms with Crippen LogP contribution in [0.15, 0.2) is 12.2 Å². The Hall–Kier alpha value is -1.10. The molecule has 0 heterocycles. The summed E-state index contributed by atoms with van der Waals surface area (Å²) in [6.07, 6.45) is 0.806. The third-order valence-corrected chi connectivity index (χ3v) is 5.43. The van der Waals surface area contributed by atoms with Crippen LogP contribution in [-0.2, 0) is 33.9 Å². The van der Waals surface area contributed by atoms with Gasteiger partial charge >= 0.3 is 11.9 Å². The van der Waals surface area contributed by atoms with Gasteiger partial charge in [0.25, 0.3) is 10.1 Å². The Morgan fingerprint density at radius 3 is 2.42 bits per heavy atom. The molecule has 0 aliphatic carbocycles. The molecule has 0 aliphatic heterocycles. The standard InChI is InChI=1S/C16H28O8S2/c1-13(14(17)22-4)11-23-7-5-9-25-12-16(2,3)15(18)24-8-6-10-26(19,20)21/h1,5-12H2,2-4H3,(H,19,20,21). The van der Waals surface area contributed by atoms with Crippen LogP contribution in [0, 0.1) is 5.41 Å². The first-order valence-corrected chi connectivity index (χ1v) is 10.8. The lowest BCUT2D eigenvalue weighted by Gasteiger charge is -2.22. The van der Waals surface area contributed by atoms with Gasteiger partial charge in [-0.2, -0.15) is 20.2 Å². The summed E-state index contributed by atoms with van der Waals surface area (Å²) in [6.45, 7) is 7.59. The van der Waals surface area contributed by atoms with E-state index < -0.39 is 33.2 Å². The van der Waals surface area contributed by atoms with Crippen molar-refractivity contribution >= 4 is 33.8 Å². The fraction of sp³-hybridized carbons (Fsp3) is 0.750. The lowest BCUT2D eigenvalue weighted by Crippen LogP contribution is -2.30. The molecule has 26 heavy (non-hydrogen) atoms. The minimum atomic E-state index is -4.03. The highest BCUT2D eigenvalue weighted by molar-refractivity contribution is 7.99. The second kappa shape index (κ2) is 12.3. The molecule has 0 unspecified atom stereocenters. The number of thioether (sulfide) groups is 1. The third kappa shape index (κ3) is 12.3.